The standard InChI is InChI=1S/C17H21NO2/c1-17-8-4-5-12-10-18(2)9-11-6-7-13(19-3)16(20-17)14(11)15(12)17/h5-7,15H,4,8-10H2,1-3H3/t15?,17-/m0/s1. The molecule has 1 unspecified atom stereocenters. The second kappa shape index (κ2) is 4.01. The highest BCUT2D eigenvalue weighted by Crippen LogP contribution is 2.57. The van der Waals surface area contributed by atoms with Gasteiger partial charge >= 0.3 is 0 Å². The molecule has 3 aliphatic rings. The second-order valence-corrected chi connectivity index (χ2v) is 6.51. The van der Waals surface area contributed by atoms with Crippen molar-refractivity contribution in [3.05, 3.63) is 34.9 Å². The Bertz CT molecular complexity index is 607. The molecule has 0 saturated heterocycles. The van der Waals surface area contributed by atoms with Crippen LogP contribution in [0.5, 0.6) is 11.5 Å². The third kappa shape index (κ3) is 1.50. The van der Waals surface area contributed by atoms with Crippen molar-refractivity contribution >= 4 is 0 Å². The second-order valence-electron chi connectivity index (χ2n) is 6.51. The number of rotatable bonds is 1. The minimum Gasteiger partial charge on any atom is -0.493 e. The van der Waals surface area contributed by atoms with Crippen LogP contribution in [0.15, 0.2) is 23.8 Å². The van der Waals surface area contributed by atoms with Crippen molar-refractivity contribution in [2.75, 3.05) is 20.7 Å². The first-order valence-electron chi connectivity index (χ1n) is 7.38. The summed E-state index contributed by atoms with van der Waals surface area (Å²) in [4.78, 5) is 2.40. The molecule has 0 radical (unpaired) electrons. The molecule has 20 heavy (non-hydrogen) atoms. The Morgan fingerprint density at radius 2 is 2.20 bits per heavy atom. The Kier molecular flexibility index (Phi) is 2.46. The van der Waals surface area contributed by atoms with E-state index < -0.39 is 0 Å². The number of hydrogen-bond donors (Lipinski definition) is 0. The monoisotopic (exact) mass is 271 g/mol. The topological polar surface area (TPSA) is 21.7 Å². The molecule has 2 atom stereocenters. The molecule has 1 aromatic carbocycles. The van der Waals surface area contributed by atoms with E-state index in [2.05, 4.69) is 37.1 Å². The fraction of sp³-hybridized carbons (Fsp3) is 0.529. The van der Waals surface area contributed by atoms with Crippen LogP contribution in [0.1, 0.15) is 36.8 Å². The first-order chi connectivity index (χ1) is 9.62. The summed E-state index contributed by atoms with van der Waals surface area (Å²) in [5, 5.41) is 0. The van der Waals surface area contributed by atoms with Gasteiger partial charge in [0.15, 0.2) is 11.5 Å². The fourth-order valence-electron chi connectivity index (χ4n) is 4.19. The zero-order valence-corrected chi connectivity index (χ0v) is 12.4. The van der Waals surface area contributed by atoms with E-state index in [1.807, 2.05) is 0 Å². The van der Waals surface area contributed by atoms with E-state index in [-0.39, 0.29) is 5.60 Å². The Balaban J connectivity index is 1.99. The molecule has 0 bridgehead atoms. The fourth-order valence-corrected chi connectivity index (χ4v) is 4.19. The smallest absolute Gasteiger partial charge is 0.166 e. The maximum Gasteiger partial charge on any atom is 0.166 e. The van der Waals surface area contributed by atoms with Crippen LogP contribution < -0.4 is 9.47 Å². The van der Waals surface area contributed by atoms with Gasteiger partial charge in [0.05, 0.1) is 7.11 Å². The Morgan fingerprint density at radius 1 is 1.35 bits per heavy atom. The summed E-state index contributed by atoms with van der Waals surface area (Å²) in [6.07, 6.45) is 4.62. The van der Waals surface area contributed by atoms with Crippen molar-refractivity contribution in [2.24, 2.45) is 0 Å². The molecule has 3 nitrogen and oxygen atoms in total. The van der Waals surface area contributed by atoms with E-state index in [0.29, 0.717) is 5.92 Å². The summed E-state index contributed by atoms with van der Waals surface area (Å²) in [5.41, 5.74) is 4.19. The van der Waals surface area contributed by atoms with E-state index in [4.69, 9.17) is 9.47 Å². The molecule has 106 valence electrons. The van der Waals surface area contributed by atoms with Gasteiger partial charge in [-0.3, -0.25) is 4.90 Å². The number of methoxy groups -OCH3 is 1. The number of nitrogens with zero attached hydrogens (tertiary/aromatic N) is 1. The molecule has 1 aromatic rings. The molecule has 0 aromatic heterocycles. The highest BCUT2D eigenvalue weighted by Gasteiger charge is 2.50. The van der Waals surface area contributed by atoms with Crippen molar-refractivity contribution in [1.29, 1.82) is 0 Å². The van der Waals surface area contributed by atoms with Crippen molar-refractivity contribution in [3.8, 4) is 11.5 Å². The third-order valence-electron chi connectivity index (χ3n) is 5.02. The molecule has 4 rings (SSSR count). The summed E-state index contributed by atoms with van der Waals surface area (Å²) < 4.78 is 12.0. The maximum absolute atomic E-state index is 6.42. The minimum absolute atomic E-state index is 0.0962. The van der Waals surface area contributed by atoms with Crippen LogP contribution in [0.3, 0.4) is 0 Å². The molecule has 0 spiro atoms. The van der Waals surface area contributed by atoms with Gasteiger partial charge in [-0.15, -0.1) is 0 Å². The molecule has 2 heterocycles. The summed E-state index contributed by atoms with van der Waals surface area (Å²) in [6, 6.07) is 4.26. The van der Waals surface area contributed by atoms with E-state index in [0.717, 1.165) is 37.4 Å². The van der Waals surface area contributed by atoms with Gasteiger partial charge in [-0.2, -0.15) is 0 Å². The summed E-state index contributed by atoms with van der Waals surface area (Å²) in [5.74, 6) is 2.27. The number of allylic oxidation sites excluding steroid dienone is 1. The molecule has 0 amide bonds. The lowest BCUT2D eigenvalue weighted by atomic mass is 9.73. The predicted octanol–water partition coefficient (Wildman–Crippen LogP) is 3.10. The summed E-state index contributed by atoms with van der Waals surface area (Å²) in [7, 11) is 3.93. The van der Waals surface area contributed by atoms with Gasteiger partial charge < -0.3 is 9.47 Å². The summed E-state index contributed by atoms with van der Waals surface area (Å²) in [6.45, 7) is 4.29. The highest BCUT2D eigenvalue weighted by atomic mass is 16.5. The first-order valence-corrected chi connectivity index (χ1v) is 7.38. The van der Waals surface area contributed by atoms with Crippen molar-refractivity contribution < 1.29 is 9.47 Å². The van der Waals surface area contributed by atoms with Gasteiger partial charge in [-0.25, -0.2) is 0 Å². The van der Waals surface area contributed by atoms with Gasteiger partial charge in [0.25, 0.3) is 0 Å². The molecular formula is C17H21NO2. The van der Waals surface area contributed by atoms with Gasteiger partial charge in [-0.05, 0) is 44.0 Å². The van der Waals surface area contributed by atoms with Crippen molar-refractivity contribution in [1.82, 2.24) is 4.90 Å². The number of ether oxygens (including phenoxy) is 2. The van der Waals surface area contributed by atoms with E-state index in [1.165, 1.54) is 16.7 Å². The SMILES string of the molecule is COc1ccc2c3c1O[C@@]1(C)CCC=C(CN(C)C2)C31. The molecule has 3 heteroatoms. The van der Waals surface area contributed by atoms with Crippen LogP contribution in [0.25, 0.3) is 0 Å². The zero-order chi connectivity index (χ0) is 13.9. The Morgan fingerprint density at radius 3 is 3.00 bits per heavy atom. The lowest BCUT2D eigenvalue weighted by molar-refractivity contribution is 0.0798. The molecule has 2 aliphatic heterocycles. The Labute approximate surface area is 120 Å². The van der Waals surface area contributed by atoms with E-state index >= 15 is 0 Å². The van der Waals surface area contributed by atoms with Gasteiger partial charge in [-0.1, -0.05) is 12.1 Å². The van der Waals surface area contributed by atoms with Crippen molar-refractivity contribution in [3.63, 3.8) is 0 Å². The molecular weight excluding hydrogens is 250 g/mol. The first kappa shape index (κ1) is 12.3. The lowest BCUT2D eigenvalue weighted by Gasteiger charge is -2.36. The minimum atomic E-state index is -0.0962. The van der Waals surface area contributed by atoms with Crippen LogP contribution in [0.4, 0.5) is 0 Å². The quantitative estimate of drug-likeness (QED) is 0.733. The molecule has 0 saturated carbocycles. The van der Waals surface area contributed by atoms with E-state index in [9.17, 15) is 0 Å². The number of hydrogen-bond acceptors (Lipinski definition) is 3. The van der Waals surface area contributed by atoms with Gasteiger partial charge in [0, 0.05) is 24.6 Å². The normalized spacial score (nSPS) is 31.1. The number of likely N-dealkylation sites (N-methyl/N-ethyl adjacent to an activating group) is 1. The average molecular weight is 271 g/mol. The van der Waals surface area contributed by atoms with Crippen LogP contribution in [0.2, 0.25) is 0 Å². The largest absolute Gasteiger partial charge is 0.493 e. The van der Waals surface area contributed by atoms with Crippen LogP contribution in [-0.2, 0) is 6.54 Å². The zero-order valence-electron chi connectivity index (χ0n) is 12.4. The lowest BCUT2D eigenvalue weighted by Crippen LogP contribution is -2.38. The average Bonchev–Trinajstić information content (AvgIpc) is 2.64. The third-order valence-corrected chi connectivity index (χ3v) is 5.02. The maximum atomic E-state index is 6.42. The van der Waals surface area contributed by atoms with E-state index in [1.54, 1.807) is 7.11 Å². The number of benzene rings is 1. The Hall–Kier alpha value is -1.48. The predicted molar refractivity (Wildman–Crippen MR) is 78.4 cm³/mol. The van der Waals surface area contributed by atoms with Crippen LogP contribution >= 0.6 is 0 Å². The molecule has 1 aliphatic carbocycles. The van der Waals surface area contributed by atoms with Crippen LogP contribution in [-0.4, -0.2) is 31.2 Å². The highest BCUT2D eigenvalue weighted by molar-refractivity contribution is 5.60. The molecule has 0 N–H and O–H groups in total. The molecule has 0 fully saturated rings. The van der Waals surface area contributed by atoms with Crippen LogP contribution in [0, 0.1) is 0 Å². The summed E-state index contributed by atoms with van der Waals surface area (Å²) >= 11 is 0. The van der Waals surface area contributed by atoms with Crippen molar-refractivity contribution in [2.45, 2.75) is 37.8 Å². The van der Waals surface area contributed by atoms with Gasteiger partial charge in [0.2, 0.25) is 0 Å². The van der Waals surface area contributed by atoms with Gasteiger partial charge in [0.1, 0.15) is 5.60 Å².